The lowest BCUT2D eigenvalue weighted by Crippen LogP contribution is -2.12. The van der Waals surface area contributed by atoms with Gasteiger partial charge in [-0.1, -0.05) is 88.1 Å². The van der Waals surface area contributed by atoms with Crippen LogP contribution < -0.4 is 0 Å². The highest BCUT2D eigenvalue weighted by atomic mass is 14.2. The van der Waals surface area contributed by atoms with Gasteiger partial charge in [0, 0.05) is 0 Å². The van der Waals surface area contributed by atoms with Gasteiger partial charge in [0.2, 0.25) is 0 Å². The van der Waals surface area contributed by atoms with Gasteiger partial charge in [-0.25, -0.2) is 0 Å². The third-order valence-electron chi connectivity index (χ3n) is 5.80. The second-order valence-corrected chi connectivity index (χ2v) is 8.10. The van der Waals surface area contributed by atoms with Crippen molar-refractivity contribution in [2.75, 3.05) is 0 Å². The van der Waals surface area contributed by atoms with Gasteiger partial charge in [-0.05, 0) is 79.7 Å². The zero-order valence-corrected chi connectivity index (χ0v) is 17.6. The third-order valence-corrected chi connectivity index (χ3v) is 5.80. The summed E-state index contributed by atoms with van der Waals surface area (Å²) in [5.41, 5.74) is 2.66. The number of benzene rings is 1. The maximum absolute atomic E-state index is 3.18. The van der Waals surface area contributed by atoms with E-state index in [1.54, 1.807) is 0 Å². The Morgan fingerprint density at radius 2 is 1.56 bits per heavy atom. The zero-order chi connectivity index (χ0) is 19.2. The van der Waals surface area contributed by atoms with E-state index in [1.165, 1.54) is 81.8 Å². The molecule has 1 fully saturated rings. The van der Waals surface area contributed by atoms with Crippen LogP contribution in [-0.2, 0) is 6.42 Å². The lowest BCUT2D eigenvalue weighted by atomic mass is 9.79. The fourth-order valence-electron chi connectivity index (χ4n) is 3.95. The molecule has 146 valence electrons. The second-order valence-electron chi connectivity index (χ2n) is 8.10. The molecule has 0 aliphatic heterocycles. The summed E-state index contributed by atoms with van der Waals surface area (Å²) in [5, 5.41) is 0. The lowest BCUT2D eigenvalue weighted by molar-refractivity contribution is 0.289. The van der Waals surface area contributed by atoms with E-state index >= 15 is 0 Å². The Hall–Kier alpha value is -1.74. The lowest BCUT2D eigenvalue weighted by Gasteiger charge is -2.26. The SMILES string of the molecule is CCCCCC1CCC(C=CC#CC=Cc2ccc(CCCC)cc2)CC1. The highest BCUT2D eigenvalue weighted by molar-refractivity contribution is 5.53. The van der Waals surface area contributed by atoms with Gasteiger partial charge in [0.05, 0.1) is 0 Å². The largest absolute Gasteiger partial charge is 0.0730 e. The summed E-state index contributed by atoms with van der Waals surface area (Å²) in [6.07, 6.45) is 23.4. The second kappa shape index (κ2) is 13.4. The molecule has 0 bridgehead atoms. The molecule has 0 saturated heterocycles. The van der Waals surface area contributed by atoms with Crippen LogP contribution in [0.1, 0.15) is 89.2 Å². The molecule has 0 N–H and O–H groups in total. The first kappa shape index (κ1) is 21.6. The van der Waals surface area contributed by atoms with Crippen LogP contribution in [0.3, 0.4) is 0 Å². The molecule has 0 heterocycles. The molecule has 0 spiro atoms. The first-order chi connectivity index (χ1) is 13.3. The average molecular weight is 363 g/mol. The zero-order valence-electron chi connectivity index (χ0n) is 17.6. The number of allylic oxidation sites excluding steroid dienone is 3. The standard InChI is InChI=1S/C27H38/c1-3-5-9-13-25-20-22-27(23-21-25)15-11-8-7-10-14-26-18-16-24(17-19-26)12-6-4-2/h10-11,14-19,25,27H,3-6,9,12-13,20-23H2,1-2H3. The molecule has 0 amide bonds. The highest BCUT2D eigenvalue weighted by Crippen LogP contribution is 2.32. The quantitative estimate of drug-likeness (QED) is 0.308. The van der Waals surface area contributed by atoms with Gasteiger partial charge >= 0.3 is 0 Å². The van der Waals surface area contributed by atoms with Crippen LogP contribution in [0, 0.1) is 23.7 Å². The van der Waals surface area contributed by atoms with Crippen LogP contribution in [0.2, 0.25) is 0 Å². The molecule has 1 aromatic rings. The van der Waals surface area contributed by atoms with Gasteiger partial charge in [-0.2, -0.15) is 0 Å². The molecule has 0 heteroatoms. The van der Waals surface area contributed by atoms with Crippen molar-refractivity contribution in [2.24, 2.45) is 11.8 Å². The number of hydrogen-bond acceptors (Lipinski definition) is 0. The molecule has 0 radical (unpaired) electrons. The van der Waals surface area contributed by atoms with Crippen molar-refractivity contribution >= 4 is 6.08 Å². The van der Waals surface area contributed by atoms with Crippen LogP contribution in [0.25, 0.3) is 6.08 Å². The predicted octanol–water partition coefficient (Wildman–Crippen LogP) is 7.99. The van der Waals surface area contributed by atoms with Crippen LogP contribution in [0.5, 0.6) is 0 Å². The smallest absolute Gasteiger partial charge is 0.0109 e. The molecule has 1 aliphatic carbocycles. The summed E-state index contributed by atoms with van der Waals surface area (Å²) in [5.74, 6) is 8.07. The topological polar surface area (TPSA) is 0 Å². The molecule has 27 heavy (non-hydrogen) atoms. The molecule has 1 aliphatic rings. The molecule has 0 unspecified atom stereocenters. The summed E-state index contributed by atoms with van der Waals surface area (Å²) < 4.78 is 0. The molecular formula is C27H38. The first-order valence-corrected chi connectivity index (χ1v) is 11.2. The summed E-state index contributed by atoms with van der Waals surface area (Å²) in [6.45, 7) is 4.53. The fourth-order valence-corrected chi connectivity index (χ4v) is 3.95. The van der Waals surface area contributed by atoms with E-state index in [1.807, 2.05) is 6.08 Å². The molecule has 0 atom stereocenters. The molecule has 2 rings (SSSR count). The Morgan fingerprint density at radius 3 is 2.26 bits per heavy atom. The van der Waals surface area contributed by atoms with E-state index in [2.05, 4.69) is 68.2 Å². The van der Waals surface area contributed by atoms with Crippen LogP contribution in [-0.4, -0.2) is 0 Å². The fraction of sp³-hybridized carbons (Fsp3) is 0.556. The minimum absolute atomic E-state index is 0.751. The Balaban J connectivity index is 1.67. The molecule has 1 saturated carbocycles. The van der Waals surface area contributed by atoms with Crippen molar-refractivity contribution in [2.45, 2.75) is 84.5 Å². The van der Waals surface area contributed by atoms with Crippen molar-refractivity contribution in [1.82, 2.24) is 0 Å². The Labute approximate surface area is 168 Å². The Morgan fingerprint density at radius 1 is 0.852 bits per heavy atom. The van der Waals surface area contributed by atoms with Crippen molar-refractivity contribution in [3.8, 4) is 11.8 Å². The van der Waals surface area contributed by atoms with Crippen molar-refractivity contribution < 1.29 is 0 Å². The number of aryl methyl sites for hydroxylation is 1. The van der Waals surface area contributed by atoms with E-state index in [0.717, 1.165) is 11.8 Å². The van der Waals surface area contributed by atoms with E-state index in [9.17, 15) is 0 Å². The van der Waals surface area contributed by atoms with E-state index in [0.29, 0.717) is 0 Å². The summed E-state index contributed by atoms with van der Waals surface area (Å²) in [4.78, 5) is 0. The minimum Gasteiger partial charge on any atom is -0.0730 e. The molecule has 1 aromatic carbocycles. The van der Waals surface area contributed by atoms with Crippen LogP contribution >= 0.6 is 0 Å². The van der Waals surface area contributed by atoms with Gasteiger partial charge < -0.3 is 0 Å². The van der Waals surface area contributed by atoms with Gasteiger partial charge in [-0.15, -0.1) is 0 Å². The summed E-state index contributed by atoms with van der Waals surface area (Å²) in [7, 11) is 0. The minimum atomic E-state index is 0.751. The maximum Gasteiger partial charge on any atom is -0.0109 e. The van der Waals surface area contributed by atoms with Gasteiger partial charge in [0.25, 0.3) is 0 Å². The van der Waals surface area contributed by atoms with E-state index in [4.69, 9.17) is 0 Å². The predicted molar refractivity (Wildman–Crippen MR) is 121 cm³/mol. The van der Waals surface area contributed by atoms with Crippen LogP contribution in [0.4, 0.5) is 0 Å². The maximum atomic E-state index is 3.18. The number of hydrogen-bond donors (Lipinski definition) is 0. The van der Waals surface area contributed by atoms with Crippen molar-refractivity contribution in [3.63, 3.8) is 0 Å². The Kier molecular flexibility index (Phi) is 10.7. The van der Waals surface area contributed by atoms with E-state index in [-0.39, 0.29) is 0 Å². The summed E-state index contributed by atoms with van der Waals surface area (Å²) in [6, 6.07) is 8.86. The van der Waals surface area contributed by atoms with Gasteiger partial charge in [-0.3, -0.25) is 0 Å². The van der Waals surface area contributed by atoms with Crippen molar-refractivity contribution in [1.29, 1.82) is 0 Å². The van der Waals surface area contributed by atoms with E-state index < -0.39 is 0 Å². The molecule has 0 nitrogen and oxygen atoms in total. The Bertz CT molecular complexity index is 612. The van der Waals surface area contributed by atoms with Gasteiger partial charge in [0.1, 0.15) is 0 Å². The normalized spacial score (nSPS) is 20.1. The van der Waals surface area contributed by atoms with Crippen LogP contribution in [0.15, 0.2) is 42.5 Å². The van der Waals surface area contributed by atoms with Crippen molar-refractivity contribution in [3.05, 3.63) is 53.6 Å². The monoisotopic (exact) mass is 362 g/mol. The summed E-state index contributed by atoms with van der Waals surface area (Å²) >= 11 is 0. The first-order valence-electron chi connectivity index (χ1n) is 11.2. The molecule has 0 aromatic heterocycles. The highest BCUT2D eigenvalue weighted by Gasteiger charge is 2.18. The average Bonchev–Trinajstić information content (AvgIpc) is 2.71. The molecular weight excluding hydrogens is 324 g/mol. The number of rotatable bonds is 9. The third kappa shape index (κ3) is 9.14. The van der Waals surface area contributed by atoms with Gasteiger partial charge in [0.15, 0.2) is 0 Å². The number of unbranched alkanes of at least 4 members (excludes halogenated alkanes) is 3.